The third-order valence-corrected chi connectivity index (χ3v) is 2.71. The average molecular weight is 272 g/mol. The predicted molar refractivity (Wildman–Crippen MR) is 74.5 cm³/mol. The maximum absolute atomic E-state index is 11.4. The van der Waals surface area contributed by atoms with Gasteiger partial charge in [0.2, 0.25) is 5.91 Å². The summed E-state index contributed by atoms with van der Waals surface area (Å²) in [6.45, 7) is 0.170. The van der Waals surface area contributed by atoms with Gasteiger partial charge in [0.1, 0.15) is 4.99 Å². The molecular formula is C11H14ClN3OS. The van der Waals surface area contributed by atoms with Crippen LogP contribution in [0.5, 0.6) is 0 Å². The van der Waals surface area contributed by atoms with Gasteiger partial charge in [-0.3, -0.25) is 4.79 Å². The summed E-state index contributed by atoms with van der Waals surface area (Å²) < 4.78 is 0. The fraction of sp³-hybridized carbons (Fsp3) is 0.273. The van der Waals surface area contributed by atoms with Crippen LogP contribution >= 0.6 is 23.8 Å². The number of halogens is 1. The lowest BCUT2D eigenvalue weighted by molar-refractivity contribution is -0.126. The zero-order chi connectivity index (χ0) is 13.0. The molecule has 3 N–H and O–H groups in total. The summed E-state index contributed by atoms with van der Waals surface area (Å²) in [5.41, 5.74) is 6.83. The van der Waals surface area contributed by atoms with Crippen molar-refractivity contribution >= 4 is 40.4 Å². The fourth-order valence-corrected chi connectivity index (χ4v) is 1.80. The fourth-order valence-electron chi connectivity index (χ4n) is 1.25. The lowest BCUT2D eigenvalue weighted by Crippen LogP contribution is -2.29. The second kappa shape index (κ2) is 5.84. The Bertz CT molecular complexity index is 448. The third kappa shape index (κ3) is 3.57. The van der Waals surface area contributed by atoms with Crippen molar-refractivity contribution in [1.29, 1.82) is 0 Å². The van der Waals surface area contributed by atoms with Crippen LogP contribution in [0, 0.1) is 0 Å². The molecule has 0 aromatic heterocycles. The number of hydrogen-bond acceptors (Lipinski definition) is 3. The number of amides is 1. The molecule has 0 heterocycles. The molecule has 0 aliphatic carbocycles. The highest BCUT2D eigenvalue weighted by Gasteiger charge is 2.11. The smallest absolute Gasteiger partial charge is 0.241 e. The monoisotopic (exact) mass is 271 g/mol. The van der Waals surface area contributed by atoms with Gasteiger partial charge in [-0.2, -0.15) is 0 Å². The van der Waals surface area contributed by atoms with Crippen LogP contribution in [0.25, 0.3) is 0 Å². The molecule has 1 aromatic carbocycles. The highest BCUT2D eigenvalue weighted by Crippen LogP contribution is 2.23. The molecule has 17 heavy (non-hydrogen) atoms. The molecular weight excluding hydrogens is 258 g/mol. The van der Waals surface area contributed by atoms with Crippen molar-refractivity contribution in [3.8, 4) is 0 Å². The lowest BCUT2D eigenvalue weighted by atomic mass is 10.1. The van der Waals surface area contributed by atoms with E-state index in [1.54, 1.807) is 32.3 Å². The second-order valence-corrected chi connectivity index (χ2v) is 4.52. The molecule has 0 radical (unpaired) electrons. The number of likely N-dealkylation sites (N-methyl/N-ethyl adjacent to an activating group) is 1. The molecule has 0 unspecified atom stereocenters. The molecule has 1 amide bonds. The molecule has 92 valence electrons. The number of carbonyl (C=O) groups is 1. The first-order chi connectivity index (χ1) is 7.93. The summed E-state index contributed by atoms with van der Waals surface area (Å²) >= 11 is 10.9. The van der Waals surface area contributed by atoms with Crippen LogP contribution in [-0.4, -0.2) is 36.4 Å². The van der Waals surface area contributed by atoms with Gasteiger partial charge in [0, 0.05) is 19.8 Å². The van der Waals surface area contributed by atoms with Gasteiger partial charge < -0.3 is 16.0 Å². The van der Waals surface area contributed by atoms with Crippen molar-refractivity contribution in [2.24, 2.45) is 5.73 Å². The van der Waals surface area contributed by atoms with Crippen LogP contribution in [0.15, 0.2) is 18.2 Å². The number of nitrogens with one attached hydrogen (secondary N) is 1. The van der Waals surface area contributed by atoms with E-state index in [9.17, 15) is 4.79 Å². The van der Waals surface area contributed by atoms with E-state index in [0.717, 1.165) is 0 Å². The largest absolute Gasteiger partial charge is 0.389 e. The standard InChI is InChI=1S/C11H14ClN3OS/c1-15(2)9(16)6-14-8-5-3-4-7(12)10(8)11(13)17/h3-5,14H,6H2,1-2H3,(H2,13,17). The molecule has 0 aliphatic rings. The first kappa shape index (κ1) is 13.7. The van der Waals surface area contributed by atoms with E-state index in [-0.39, 0.29) is 17.4 Å². The number of thiocarbonyl (C=S) groups is 1. The van der Waals surface area contributed by atoms with Crippen LogP contribution in [0.3, 0.4) is 0 Å². The minimum absolute atomic E-state index is 0.0427. The van der Waals surface area contributed by atoms with Crippen molar-refractivity contribution in [1.82, 2.24) is 4.90 Å². The van der Waals surface area contributed by atoms with Gasteiger partial charge in [0.15, 0.2) is 0 Å². The van der Waals surface area contributed by atoms with Crippen LogP contribution in [0.4, 0.5) is 5.69 Å². The highest BCUT2D eigenvalue weighted by molar-refractivity contribution is 7.80. The Morgan fingerprint density at radius 2 is 2.18 bits per heavy atom. The van der Waals surface area contributed by atoms with E-state index >= 15 is 0 Å². The number of carbonyl (C=O) groups excluding carboxylic acids is 1. The van der Waals surface area contributed by atoms with E-state index in [1.807, 2.05) is 0 Å². The molecule has 1 aromatic rings. The zero-order valence-electron chi connectivity index (χ0n) is 9.66. The van der Waals surface area contributed by atoms with Gasteiger partial charge >= 0.3 is 0 Å². The van der Waals surface area contributed by atoms with Crippen molar-refractivity contribution in [3.63, 3.8) is 0 Å². The molecule has 4 nitrogen and oxygen atoms in total. The number of rotatable bonds is 4. The summed E-state index contributed by atoms with van der Waals surface area (Å²) in [5, 5.41) is 3.45. The maximum atomic E-state index is 11.4. The predicted octanol–water partition coefficient (Wildman–Crippen LogP) is 1.47. The van der Waals surface area contributed by atoms with E-state index in [0.29, 0.717) is 16.3 Å². The Kier molecular flexibility index (Phi) is 4.72. The van der Waals surface area contributed by atoms with E-state index in [1.165, 1.54) is 4.90 Å². The minimum Gasteiger partial charge on any atom is -0.389 e. The summed E-state index contributed by atoms with van der Waals surface area (Å²) in [6, 6.07) is 5.25. The highest BCUT2D eigenvalue weighted by atomic mass is 35.5. The molecule has 0 bridgehead atoms. The topological polar surface area (TPSA) is 58.4 Å². The SMILES string of the molecule is CN(C)C(=O)CNc1cccc(Cl)c1C(N)=S. The van der Waals surface area contributed by atoms with E-state index in [4.69, 9.17) is 29.6 Å². The maximum Gasteiger partial charge on any atom is 0.241 e. The Balaban J connectivity index is 2.88. The number of anilines is 1. The molecule has 6 heteroatoms. The van der Waals surface area contributed by atoms with Crippen molar-refractivity contribution in [3.05, 3.63) is 28.8 Å². The summed E-state index contributed by atoms with van der Waals surface area (Å²) in [4.78, 5) is 13.2. The van der Waals surface area contributed by atoms with Crippen LogP contribution in [0.1, 0.15) is 5.56 Å². The minimum atomic E-state index is -0.0427. The summed E-state index contributed by atoms with van der Waals surface area (Å²) in [7, 11) is 3.38. The number of nitrogens with zero attached hydrogens (tertiary/aromatic N) is 1. The number of hydrogen-bond donors (Lipinski definition) is 2. The zero-order valence-corrected chi connectivity index (χ0v) is 11.2. The van der Waals surface area contributed by atoms with Gasteiger partial charge in [-0.25, -0.2) is 0 Å². The van der Waals surface area contributed by atoms with Crippen LogP contribution < -0.4 is 11.1 Å². The molecule has 0 spiro atoms. The Morgan fingerprint density at radius 1 is 1.53 bits per heavy atom. The summed E-state index contributed by atoms with van der Waals surface area (Å²) in [6.07, 6.45) is 0. The third-order valence-electron chi connectivity index (χ3n) is 2.19. The molecule has 0 saturated carbocycles. The van der Waals surface area contributed by atoms with Crippen LogP contribution in [-0.2, 0) is 4.79 Å². The molecule has 0 atom stereocenters. The van der Waals surface area contributed by atoms with Gasteiger partial charge in [-0.05, 0) is 12.1 Å². The van der Waals surface area contributed by atoms with Gasteiger partial charge in [-0.15, -0.1) is 0 Å². The van der Waals surface area contributed by atoms with Gasteiger partial charge in [0.05, 0.1) is 17.1 Å². The lowest BCUT2D eigenvalue weighted by Gasteiger charge is -2.14. The Labute approximate surface area is 111 Å². The van der Waals surface area contributed by atoms with Crippen molar-refractivity contribution < 1.29 is 4.79 Å². The first-order valence-corrected chi connectivity index (χ1v) is 5.74. The number of nitrogens with two attached hydrogens (primary N) is 1. The number of benzene rings is 1. The quantitative estimate of drug-likeness (QED) is 0.815. The first-order valence-electron chi connectivity index (χ1n) is 4.96. The van der Waals surface area contributed by atoms with Crippen molar-refractivity contribution in [2.75, 3.05) is 26.0 Å². The Morgan fingerprint density at radius 3 is 2.71 bits per heavy atom. The molecule has 0 aliphatic heterocycles. The van der Waals surface area contributed by atoms with Gasteiger partial charge in [-0.1, -0.05) is 29.9 Å². The molecule has 0 fully saturated rings. The normalized spacial score (nSPS) is 9.82. The van der Waals surface area contributed by atoms with Crippen molar-refractivity contribution in [2.45, 2.75) is 0 Å². The van der Waals surface area contributed by atoms with E-state index in [2.05, 4.69) is 5.32 Å². The molecule has 1 rings (SSSR count). The molecule has 0 saturated heterocycles. The van der Waals surface area contributed by atoms with Crippen LogP contribution in [0.2, 0.25) is 5.02 Å². The van der Waals surface area contributed by atoms with Gasteiger partial charge in [0.25, 0.3) is 0 Å². The average Bonchev–Trinajstić information content (AvgIpc) is 2.24. The Hall–Kier alpha value is -1.33. The van der Waals surface area contributed by atoms with E-state index < -0.39 is 0 Å². The second-order valence-electron chi connectivity index (χ2n) is 3.67. The summed E-state index contributed by atoms with van der Waals surface area (Å²) in [5.74, 6) is -0.0427.